The predicted molar refractivity (Wildman–Crippen MR) is 94.0 cm³/mol. The molecule has 1 atom stereocenters. The van der Waals surface area contributed by atoms with Crippen molar-refractivity contribution < 1.29 is 9.18 Å². The van der Waals surface area contributed by atoms with Gasteiger partial charge in [-0.3, -0.25) is 20.0 Å². The first-order valence-corrected chi connectivity index (χ1v) is 8.55. The van der Waals surface area contributed by atoms with Gasteiger partial charge in [0.2, 0.25) is 5.91 Å². The van der Waals surface area contributed by atoms with Gasteiger partial charge in [0.25, 0.3) is 0 Å². The standard InChI is InChI=1S/C19H23FN4O/c20-15-6-4-14(5-7-15)18(19(21)25)23-16-8-11-24(12-9-16)13-17-3-1-2-10-22-17/h1-7,10,16,18,23H,8-9,11-13H2,(H2,21,25)/t18-/m0/s1. The largest absolute Gasteiger partial charge is 0.368 e. The number of primary amides is 1. The zero-order chi connectivity index (χ0) is 17.6. The van der Waals surface area contributed by atoms with E-state index in [0.29, 0.717) is 5.56 Å². The van der Waals surface area contributed by atoms with Crippen molar-refractivity contribution in [3.05, 3.63) is 65.7 Å². The van der Waals surface area contributed by atoms with Crippen LogP contribution in [0, 0.1) is 5.82 Å². The summed E-state index contributed by atoms with van der Waals surface area (Å²) in [5.41, 5.74) is 7.30. The Labute approximate surface area is 147 Å². The van der Waals surface area contributed by atoms with Crippen LogP contribution in [0.15, 0.2) is 48.7 Å². The molecule has 1 aliphatic rings. The van der Waals surface area contributed by atoms with Crippen LogP contribution >= 0.6 is 0 Å². The van der Waals surface area contributed by atoms with Gasteiger partial charge >= 0.3 is 0 Å². The molecule has 2 aromatic rings. The molecule has 2 heterocycles. The lowest BCUT2D eigenvalue weighted by Gasteiger charge is -2.34. The van der Waals surface area contributed by atoms with Crippen molar-refractivity contribution in [3.63, 3.8) is 0 Å². The van der Waals surface area contributed by atoms with E-state index in [0.717, 1.165) is 38.2 Å². The summed E-state index contributed by atoms with van der Waals surface area (Å²) in [6.07, 6.45) is 3.67. The second-order valence-electron chi connectivity index (χ2n) is 6.43. The number of amides is 1. The maximum atomic E-state index is 13.1. The molecule has 0 unspecified atom stereocenters. The van der Waals surface area contributed by atoms with E-state index < -0.39 is 11.9 Å². The van der Waals surface area contributed by atoms with E-state index in [4.69, 9.17) is 5.73 Å². The van der Waals surface area contributed by atoms with E-state index in [1.165, 1.54) is 12.1 Å². The summed E-state index contributed by atoms with van der Waals surface area (Å²) >= 11 is 0. The Morgan fingerprint density at radius 3 is 2.56 bits per heavy atom. The molecule has 6 heteroatoms. The van der Waals surface area contributed by atoms with Gasteiger partial charge in [-0.05, 0) is 42.7 Å². The van der Waals surface area contributed by atoms with Crippen LogP contribution < -0.4 is 11.1 Å². The highest BCUT2D eigenvalue weighted by molar-refractivity contribution is 5.81. The van der Waals surface area contributed by atoms with Crippen LogP contribution in [0.4, 0.5) is 4.39 Å². The van der Waals surface area contributed by atoms with E-state index >= 15 is 0 Å². The van der Waals surface area contributed by atoms with Gasteiger partial charge in [-0.2, -0.15) is 0 Å². The summed E-state index contributed by atoms with van der Waals surface area (Å²) in [5, 5.41) is 3.34. The minimum Gasteiger partial charge on any atom is -0.368 e. The number of piperidine rings is 1. The maximum absolute atomic E-state index is 13.1. The van der Waals surface area contributed by atoms with Crippen LogP contribution in [0.2, 0.25) is 0 Å². The molecule has 1 aromatic carbocycles. The molecule has 3 N–H and O–H groups in total. The molecule has 0 spiro atoms. The maximum Gasteiger partial charge on any atom is 0.239 e. The Kier molecular flexibility index (Phi) is 5.73. The number of rotatable bonds is 6. The zero-order valence-corrected chi connectivity index (χ0v) is 14.1. The first-order chi connectivity index (χ1) is 12.1. The lowest BCUT2D eigenvalue weighted by Crippen LogP contribution is -2.46. The fourth-order valence-corrected chi connectivity index (χ4v) is 3.21. The number of likely N-dealkylation sites (tertiary alicyclic amines) is 1. The van der Waals surface area contributed by atoms with Crippen molar-refractivity contribution in [1.29, 1.82) is 0 Å². The minimum atomic E-state index is -0.590. The number of hydrogen-bond donors (Lipinski definition) is 2. The van der Waals surface area contributed by atoms with Crippen LogP contribution in [0.25, 0.3) is 0 Å². The number of halogens is 1. The molecule has 1 amide bonds. The molecule has 1 saturated heterocycles. The zero-order valence-electron chi connectivity index (χ0n) is 14.1. The highest BCUT2D eigenvalue weighted by atomic mass is 19.1. The van der Waals surface area contributed by atoms with Crippen molar-refractivity contribution in [2.75, 3.05) is 13.1 Å². The number of nitrogens with one attached hydrogen (secondary N) is 1. The molecule has 0 radical (unpaired) electrons. The molecular formula is C19H23FN4O. The first kappa shape index (κ1) is 17.5. The van der Waals surface area contributed by atoms with Crippen molar-refractivity contribution in [3.8, 4) is 0 Å². The van der Waals surface area contributed by atoms with Crippen LogP contribution in [0.1, 0.15) is 30.1 Å². The first-order valence-electron chi connectivity index (χ1n) is 8.55. The van der Waals surface area contributed by atoms with E-state index in [2.05, 4.69) is 15.2 Å². The monoisotopic (exact) mass is 342 g/mol. The topological polar surface area (TPSA) is 71.2 Å². The van der Waals surface area contributed by atoms with Crippen LogP contribution in [0.3, 0.4) is 0 Å². The Morgan fingerprint density at radius 2 is 1.96 bits per heavy atom. The molecule has 1 fully saturated rings. The lowest BCUT2D eigenvalue weighted by molar-refractivity contribution is -0.120. The van der Waals surface area contributed by atoms with Gasteiger partial charge in [0.05, 0.1) is 5.69 Å². The molecule has 0 aliphatic carbocycles. The molecule has 132 valence electrons. The van der Waals surface area contributed by atoms with Crippen molar-refractivity contribution >= 4 is 5.91 Å². The summed E-state index contributed by atoms with van der Waals surface area (Å²) in [6, 6.07) is 11.5. The molecule has 5 nitrogen and oxygen atoms in total. The number of carbonyl (C=O) groups is 1. The van der Waals surface area contributed by atoms with Crippen LogP contribution in [-0.4, -0.2) is 34.9 Å². The van der Waals surface area contributed by atoms with E-state index in [1.807, 2.05) is 24.4 Å². The minimum absolute atomic E-state index is 0.211. The number of carbonyl (C=O) groups excluding carboxylic acids is 1. The van der Waals surface area contributed by atoms with Gasteiger partial charge < -0.3 is 5.73 Å². The lowest BCUT2D eigenvalue weighted by atomic mass is 10.00. The summed E-state index contributed by atoms with van der Waals surface area (Å²) in [4.78, 5) is 18.5. The third kappa shape index (κ3) is 4.84. The average molecular weight is 342 g/mol. The summed E-state index contributed by atoms with van der Waals surface area (Å²) in [5.74, 6) is -0.766. The Hall–Kier alpha value is -2.31. The van der Waals surface area contributed by atoms with Crippen molar-refractivity contribution in [2.24, 2.45) is 5.73 Å². The van der Waals surface area contributed by atoms with Gasteiger partial charge in [0.15, 0.2) is 0 Å². The molecular weight excluding hydrogens is 319 g/mol. The highest BCUT2D eigenvalue weighted by Crippen LogP contribution is 2.19. The normalized spacial score (nSPS) is 17.3. The summed E-state index contributed by atoms with van der Waals surface area (Å²) in [7, 11) is 0. The van der Waals surface area contributed by atoms with Gasteiger partial charge in [0, 0.05) is 31.9 Å². The highest BCUT2D eigenvalue weighted by Gasteiger charge is 2.25. The third-order valence-corrected chi connectivity index (χ3v) is 4.59. The molecule has 3 rings (SSSR count). The van der Waals surface area contributed by atoms with Crippen LogP contribution in [-0.2, 0) is 11.3 Å². The fourth-order valence-electron chi connectivity index (χ4n) is 3.21. The molecule has 25 heavy (non-hydrogen) atoms. The number of nitrogens with zero attached hydrogens (tertiary/aromatic N) is 2. The van der Waals surface area contributed by atoms with E-state index in [-0.39, 0.29) is 11.9 Å². The van der Waals surface area contributed by atoms with Crippen LogP contribution in [0.5, 0.6) is 0 Å². The number of nitrogens with two attached hydrogens (primary N) is 1. The molecule has 0 saturated carbocycles. The fraction of sp³-hybridized carbons (Fsp3) is 0.368. The Balaban J connectivity index is 1.54. The van der Waals surface area contributed by atoms with Crippen molar-refractivity contribution in [1.82, 2.24) is 15.2 Å². The van der Waals surface area contributed by atoms with E-state index in [1.54, 1.807) is 12.1 Å². The second kappa shape index (κ2) is 8.18. The van der Waals surface area contributed by atoms with E-state index in [9.17, 15) is 9.18 Å². The second-order valence-corrected chi connectivity index (χ2v) is 6.43. The number of hydrogen-bond acceptors (Lipinski definition) is 4. The molecule has 0 bridgehead atoms. The molecule has 1 aliphatic heterocycles. The molecule has 1 aromatic heterocycles. The third-order valence-electron chi connectivity index (χ3n) is 4.59. The SMILES string of the molecule is NC(=O)[C@@H](NC1CCN(Cc2ccccn2)CC1)c1ccc(F)cc1. The average Bonchev–Trinajstić information content (AvgIpc) is 2.63. The van der Waals surface area contributed by atoms with Gasteiger partial charge in [-0.15, -0.1) is 0 Å². The summed E-state index contributed by atoms with van der Waals surface area (Å²) < 4.78 is 13.1. The number of pyridine rings is 1. The predicted octanol–water partition coefficient (Wildman–Crippen LogP) is 2.00. The quantitative estimate of drug-likeness (QED) is 0.842. The van der Waals surface area contributed by atoms with Gasteiger partial charge in [0.1, 0.15) is 11.9 Å². The van der Waals surface area contributed by atoms with Gasteiger partial charge in [-0.1, -0.05) is 18.2 Å². The Bertz CT molecular complexity index is 684. The van der Waals surface area contributed by atoms with Gasteiger partial charge in [-0.25, -0.2) is 4.39 Å². The Morgan fingerprint density at radius 1 is 1.24 bits per heavy atom. The smallest absolute Gasteiger partial charge is 0.239 e. The van der Waals surface area contributed by atoms with Crippen molar-refractivity contribution in [2.45, 2.75) is 31.5 Å². The number of aromatic nitrogens is 1. The summed E-state index contributed by atoms with van der Waals surface area (Å²) in [6.45, 7) is 2.71. The number of benzene rings is 1.